The Morgan fingerprint density at radius 1 is 1.47 bits per heavy atom. The average molecular weight is 269 g/mol. The number of halogens is 1. The van der Waals surface area contributed by atoms with Crippen LogP contribution in [0.2, 0.25) is 0 Å². The van der Waals surface area contributed by atoms with Gasteiger partial charge in [0, 0.05) is 4.47 Å². The molecule has 76 valence electrons. The Kier molecular flexibility index (Phi) is 3.42. The van der Waals surface area contributed by atoms with Crippen LogP contribution >= 0.6 is 15.9 Å². The van der Waals surface area contributed by atoms with Gasteiger partial charge in [0.15, 0.2) is 0 Å². The van der Waals surface area contributed by atoms with Gasteiger partial charge in [-0.05, 0) is 18.2 Å². The van der Waals surface area contributed by atoms with Crippen molar-refractivity contribution >= 4 is 33.5 Å². The van der Waals surface area contributed by atoms with Crippen LogP contribution in [0.25, 0.3) is 0 Å². The molecule has 0 aliphatic carbocycles. The minimum absolute atomic E-state index is 0.166. The van der Waals surface area contributed by atoms with Gasteiger partial charge in [-0.3, -0.25) is 4.79 Å². The van der Waals surface area contributed by atoms with Crippen molar-refractivity contribution in [2.45, 2.75) is 0 Å². The number of carbonyl (C=O) groups excluding carboxylic acids is 1. The number of amides is 1. The van der Waals surface area contributed by atoms with Crippen molar-refractivity contribution in [2.24, 2.45) is 0 Å². The molecule has 1 rings (SSSR count). The van der Waals surface area contributed by atoms with Gasteiger partial charge in [0.1, 0.15) is 6.07 Å². The fourth-order valence-electron chi connectivity index (χ4n) is 0.893. The molecule has 0 bridgehead atoms. The summed E-state index contributed by atoms with van der Waals surface area (Å²) in [7, 11) is 0. The first-order chi connectivity index (χ1) is 7.04. The van der Waals surface area contributed by atoms with Crippen molar-refractivity contribution < 1.29 is 14.7 Å². The number of rotatable bonds is 1. The summed E-state index contributed by atoms with van der Waals surface area (Å²) >= 11 is 3.14. The van der Waals surface area contributed by atoms with Crippen molar-refractivity contribution in [2.75, 3.05) is 5.32 Å². The highest BCUT2D eigenvalue weighted by Gasteiger charge is 2.13. The summed E-state index contributed by atoms with van der Waals surface area (Å²) in [5.41, 5.74) is 0.368. The zero-order valence-corrected chi connectivity index (χ0v) is 8.91. The third kappa shape index (κ3) is 2.79. The van der Waals surface area contributed by atoms with Crippen LogP contribution in [0.3, 0.4) is 0 Å². The second-order valence-corrected chi connectivity index (χ2v) is 3.48. The molecule has 1 amide bonds. The predicted octanol–water partition coefficient (Wildman–Crippen LogP) is 1.34. The highest BCUT2D eigenvalue weighted by atomic mass is 79.9. The molecular formula is C9H5BrN2O3. The van der Waals surface area contributed by atoms with Gasteiger partial charge in [-0.25, -0.2) is 4.79 Å². The van der Waals surface area contributed by atoms with Crippen LogP contribution in [-0.2, 0) is 9.59 Å². The Labute approximate surface area is 93.5 Å². The van der Waals surface area contributed by atoms with E-state index in [1.807, 2.05) is 6.07 Å². The van der Waals surface area contributed by atoms with Crippen molar-refractivity contribution in [1.29, 1.82) is 5.26 Å². The van der Waals surface area contributed by atoms with E-state index in [1.165, 1.54) is 12.1 Å². The van der Waals surface area contributed by atoms with E-state index in [0.717, 1.165) is 0 Å². The predicted molar refractivity (Wildman–Crippen MR) is 55.1 cm³/mol. The number of anilines is 1. The fourth-order valence-corrected chi connectivity index (χ4v) is 1.25. The molecule has 0 unspecified atom stereocenters. The lowest BCUT2D eigenvalue weighted by Crippen LogP contribution is -2.22. The standard InChI is InChI=1S/C9H5BrN2O3/c10-6-2-1-5(4-11)7(3-6)12-8(13)9(14)15/h1-3H,(H,12,13)(H,14,15). The maximum absolute atomic E-state index is 10.9. The third-order valence-electron chi connectivity index (χ3n) is 1.54. The van der Waals surface area contributed by atoms with E-state index in [9.17, 15) is 9.59 Å². The number of aliphatic carboxylic acids is 1. The first kappa shape index (κ1) is 11.2. The molecule has 0 aromatic heterocycles. The van der Waals surface area contributed by atoms with Crippen LogP contribution in [0.4, 0.5) is 5.69 Å². The largest absolute Gasteiger partial charge is 0.474 e. The van der Waals surface area contributed by atoms with Gasteiger partial charge >= 0.3 is 11.9 Å². The van der Waals surface area contributed by atoms with Crippen molar-refractivity contribution in [3.63, 3.8) is 0 Å². The number of nitrogens with zero attached hydrogens (tertiary/aromatic N) is 1. The number of hydrogen-bond donors (Lipinski definition) is 2. The first-order valence-electron chi connectivity index (χ1n) is 3.78. The molecule has 0 aliphatic heterocycles. The van der Waals surface area contributed by atoms with Gasteiger partial charge < -0.3 is 10.4 Å². The molecule has 0 aliphatic rings. The third-order valence-corrected chi connectivity index (χ3v) is 2.04. The van der Waals surface area contributed by atoms with Gasteiger partial charge in [0.05, 0.1) is 11.3 Å². The van der Waals surface area contributed by atoms with Crippen LogP contribution < -0.4 is 5.32 Å². The molecule has 0 saturated carbocycles. The molecule has 0 radical (unpaired) electrons. The Bertz CT molecular complexity index is 465. The zero-order chi connectivity index (χ0) is 11.4. The molecule has 0 saturated heterocycles. The fraction of sp³-hybridized carbons (Fsp3) is 0. The number of hydrogen-bond acceptors (Lipinski definition) is 3. The molecule has 0 spiro atoms. The summed E-state index contributed by atoms with van der Waals surface area (Å²) in [5, 5.41) is 19.2. The summed E-state index contributed by atoms with van der Waals surface area (Å²) in [5.74, 6) is -2.77. The Morgan fingerprint density at radius 3 is 2.67 bits per heavy atom. The molecule has 5 nitrogen and oxygen atoms in total. The Balaban J connectivity index is 3.04. The molecule has 15 heavy (non-hydrogen) atoms. The van der Waals surface area contributed by atoms with E-state index in [0.29, 0.717) is 4.47 Å². The topological polar surface area (TPSA) is 90.2 Å². The summed E-state index contributed by atoms with van der Waals surface area (Å²) in [4.78, 5) is 21.1. The van der Waals surface area contributed by atoms with Crippen LogP contribution in [0.5, 0.6) is 0 Å². The van der Waals surface area contributed by atoms with Crippen LogP contribution in [0.1, 0.15) is 5.56 Å². The summed E-state index contributed by atoms with van der Waals surface area (Å²) < 4.78 is 0.641. The van der Waals surface area contributed by atoms with Crippen LogP contribution in [0.15, 0.2) is 22.7 Å². The van der Waals surface area contributed by atoms with E-state index in [4.69, 9.17) is 10.4 Å². The normalized spacial score (nSPS) is 9.07. The number of carbonyl (C=O) groups is 2. The molecule has 1 aromatic carbocycles. The number of nitriles is 1. The lowest BCUT2D eigenvalue weighted by atomic mass is 10.2. The van der Waals surface area contributed by atoms with Gasteiger partial charge in [-0.15, -0.1) is 0 Å². The SMILES string of the molecule is N#Cc1ccc(Br)cc1NC(=O)C(=O)O. The summed E-state index contributed by atoms with van der Waals surface area (Å²) in [6.45, 7) is 0. The summed E-state index contributed by atoms with van der Waals surface area (Å²) in [6.07, 6.45) is 0. The molecule has 6 heteroatoms. The van der Waals surface area contributed by atoms with E-state index >= 15 is 0 Å². The highest BCUT2D eigenvalue weighted by molar-refractivity contribution is 9.10. The number of carboxylic acid groups (broad SMARTS) is 1. The Morgan fingerprint density at radius 2 is 2.13 bits per heavy atom. The lowest BCUT2D eigenvalue weighted by molar-refractivity contribution is -0.147. The van der Waals surface area contributed by atoms with E-state index < -0.39 is 11.9 Å². The second-order valence-electron chi connectivity index (χ2n) is 2.56. The first-order valence-corrected chi connectivity index (χ1v) is 4.58. The van der Waals surface area contributed by atoms with Gasteiger partial charge in [-0.1, -0.05) is 15.9 Å². The molecule has 0 atom stereocenters. The zero-order valence-electron chi connectivity index (χ0n) is 7.32. The van der Waals surface area contributed by atoms with Crippen LogP contribution in [-0.4, -0.2) is 17.0 Å². The van der Waals surface area contributed by atoms with Crippen molar-refractivity contribution in [3.8, 4) is 6.07 Å². The molecular weight excluding hydrogens is 264 g/mol. The molecule has 1 aromatic rings. The average Bonchev–Trinajstić information content (AvgIpc) is 2.18. The maximum atomic E-state index is 10.9. The highest BCUT2D eigenvalue weighted by Crippen LogP contribution is 2.20. The minimum atomic E-state index is -1.60. The van der Waals surface area contributed by atoms with Gasteiger partial charge in [-0.2, -0.15) is 5.26 Å². The quantitative estimate of drug-likeness (QED) is 0.753. The summed E-state index contributed by atoms with van der Waals surface area (Å²) in [6, 6.07) is 6.39. The van der Waals surface area contributed by atoms with Gasteiger partial charge in [0.25, 0.3) is 0 Å². The number of benzene rings is 1. The molecule has 0 fully saturated rings. The van der Waals surface area contributed by atoms with Gasteiger partial charge in [0.2, 0.25) is 0 Å². The lowest BCUT2D eigenvalue weighted by Gasteiger charge is -2.04. The van der Waals surface area contributed by atoms with E-state index in [2.05, 4.69) is 21.2 Å². The molecule has 2 N–H and O–H groups in total. The number of nitrogens with one attached hydrogen (secondary N) is 1. The van der Waals surface area contributed by atoms with Crippen molar-refractivity contribution in [3.05, 3.63) is 28.2 Å². The smallest absolute Gasteiger partial charge is 0.394 e. The van der Waals surface area contributed by atoms with Crippen LogP contribution in [0, 0.1) is 11.3 Å². The minimum Gasteiger partial charge on any atom is -0.474 e. The second kappa shape index (κ2) is 4.57. The monoisotopic (exact) mass is 268 g/mol. The maximum Gasteiger partial charge on any atom is 0.394 e. The Hall–Kier alpha value is -1.87. The number of carboxylic acids is 1. The van der Waals surface area contributed by atoms with Crippen molar-refractivity contribution in [1.82, 2.24) is 0 Å². The van der Waals surface area contributed by atoms with E-state index in [1.54, 1.807) is 6.07 Å². The van der Waals surface area contributed by atoms with E-state index in [-0.39, 0.29) is 11.3 Å². The molecule has 0 heterocycles.